The van der Waals surface area contributed by atoms with Gasteiger partial charge in [-0.2, -0.15) is 0 Å². The van der Waals surface area contributed by atoms with Gasteiger partial charge in [0, 0.05) is 33.4 Å². The van der Waals surface area contributed by atoms with Gasteiger partial charge in [-0.05, 0) is 60.6 Å². The molecule has 3 N–H and O–H groups in total. The van der Waals surface area contributed by atoms with E-state index < -0.39 is 12.1 Å². The van der Waals surface area contributed by atoms with Crippen molar-refractivity contribution in [3.05, 3.63) is 65.1 Å². The van der Waals surface area contributed by atoms with Gasteiger partial charge in [-0.15, -0.1) is 0 Å². The number of aromatic nitrogens is 2. The zero-order chi connectivity index (χ0) is 20.9. The van der Waals surface area contributed by atoms with Gasteiger partial charge in [0.15, 0.2) is 5.82 Å². The molecule has 0 saturated heterocycles. The lowest BCUT2D eigenvalue weighted by Gasteiger charge is -2.33. The molecule has 0 spiro atoms. The van der Waals surface area contributed by atoms with Crippen LogP contribution in [0.5, 0.6) is 5.75 Å². The van der Waals surface area contributed by atoms with Crippen molar-refractivity contribution >= 4 is 34.0 Å². The average Bonchev–Trinajstić information content (AvgIpc) is 3.54. The van der Waals surface area contributed by atoms with Crippen LogP contribution in [-0.2, 0) is 5.41 Å². The molecule has 154 valence electrons. The maximum atomic E-state index is 14.5. The van der Waals surface area contributed by atoms with E-state index in [4.69, 9.17) is 22.1 Å². The molecule has 3 aromatic rings. The van der Waals surface area contributed by atoms with Crippen molar-refractivity contribution in [2.24, 2.45) is 17.6 Å². The molecule has 3 atom stereocenters. The summed E-state index contributed by atoms with van der Waals surface area (Å²) in [5.41, 5.74) is 8.39. The minimum atomic E-state index is -0.764. The van der Waals surface area contributed by atoms with Crippen LogP contribution in [0.3, 0.4) is 0 Å². The number of fused-ring (bicyclic) bond motifs is 2. The quantitative estimate of drug-likeness (QED) is 0.594. The molecular formula is C23H22ClFN4O. The first kappa shape index (κ1) is 19.1. The second-order valence-electron chi connectivity index (χ2n) is 8.13. The van der Waals surface area contributed by atoms with Gasteiger partial charge in [0.25, 0.3) is 0 Å². The number of alkyl halides is 1. The maximum Gasteiger partial charge on any atom is 0.156 e. The van der Waals surface area contributed by atoms with Gasteiger partial charge in [-0.1, -0.05) is 17.7 Å². The van der Waals surface area contributed by atoms with Crippen LogP contribution in [-0.4, -0.2) is 23.8 Å². The van der Waals surface area contributed by atoms with Crippen LogP contribution in [0.4, 0.5) is 15.9 Å². The molecule has 0 amide bonds. The lowest BCUT2D eigenvalue weighted by molar-refractivity contribution is 0.304. The van der Waals surface area contributed by atoms with Crippen molar-refractivity contribution in [2.45, 2.75) is 18.3 Å². The van der Waals surface area contributed by atoms with Crippen molar-refractivity contribution in [1.82, 2.24) is 9.97 Å². The molecule has 0 bridgehead atoms. The van der Waals surface area contributed by atoms with E-state index in [0.29, 0.717) is 22.5 Å². The van der Waals surface area contributed by atoms with Crippen molar-refractivity contribution in [2.75, 3.05) is 19.1 Å². The molecule has 0 unspecified atom stereocenters. The highest BCUT2D eigenvalue weighted by Gasteiger charge is 2.55. The van der Waals surface area contributed by atoms with Crippen LogP contribution in [0, 0.1) is 11.8 Å². The molecule has 5 rings (SSSR count). The highest BCUT2D eigenvalue weighted by Crippen LogP contribution is 2.59. The van der Waals surface area contributed by atoms with Gasteiger partial charge in [0.1, 0.15) is 17.9 Å². The standard InChI is InChI=1S/C23H22ClFN4O/c1-30-17-7-13-4-5-27-22(21(13)28-11-17)29-16-2-3-20(24)19(9-16)23(12-25)10-15(26)6-14-8-18(14)23/h2-5,7,9-11,14,18H,6,8,12,26H2,1H3,(H,27,29)/t14-,18+,23-/m1/s1. The molecule has 2 aromatic heterocycles. The zero-order valence-corrected chi connectivity index (χ0v) is 17.3. The molecule has 1 aromatic carbocycles. The molecule has 5 nitrogen and oxygen atoms in total. The van der Waals surface area contributed by atoms with Crippen LogP contribution < -0.4 is 15.8 Å². The smallest absolute Gasteiger partial charge is 0.156 e. The van der Waals surface area contributed by atoms with E-state index >= 15 is 0 Å². The number of nitrogens with zero attached hydrogens (tertiary/aromatic N) is 2. The van der Waals surface area contributed by atoms with Gasteiger partial charge >= 0.3 is 0 Å². The van der Waals surface area contributed by atoms with Gasteiger partial charge in [0.2, 0.25) is 0 Å². The minimum absolute atomic E-state index is 0.243. The van der Waals surface area contributed by atoms with Gasteiger partial charge in [0.05, 0.1) is 13.3 Å². The molecule has 1 fully saturated rings. The largest absolute Gasteiger partial charge is 0.495 e. The number of rotatable bonds is 5. The fourth-order valence-corrected chi connectivity index (χ4v) is 5.02. The number of benzene rings is 1. The molecule has 1 saturated carbocycles. The van der Waals surface area contributed by atoms with E-state index in [2.05, 4.69) is 15.3 Å². The van der Waals surface area contributed by atoms with Crippen molar-refractivity contribution in [3.8, 4) is 5.75 Å². The van der Waals surface area contributed by atoms with E-state index in [-0.39, 0.29) is 5.92 Å². The van der Waals surface area contributed by atoms with Gasteiger partial charge in [-0.3, -0.25) is 0 Å². The summed E-state index contributed by atoms with van der Waals surface area (Å²) in [6.07, 6.45) is 7.08. The predicted molar refractivity (Wildman–Crippen MR) is 117 cm³/mol. The molecular weight excluding hydrogens is 403 g/mol. The third-order valence-electron chi connectivity index (χ3n) is 6.29. The first-order valence-electron chi connectivity index (χ1n) is 9.93. The van der Waals surface area contributed by atoms with Gasteiger partial charge in [-0.25, -0.2) is 14.4 Å². The molecule has 2 aliphatic rings. The van der Waals surface area contributed by atoms with Crippen LogP contribution in [0.25, 0.3) is 10.9 Å². The Bertz CT molecular complexity index is 1170. The summed E-state index contributed by atoms with van der Waals surface area (Å²) in [6, 6.07) is 9.36. The van der Waals surface area contributed by atoms with Crippen molar-refractivity contribution in [3.63, 3.8) is 0 Å². The van der Waals surface area contributed by atoms with E-state index in [1.165, 1.54) is 0 Å². The van der Waals surface area contributed by atoms with Gasteiger partial charge < -0.3 is 15.8 Å². The number of ether oxygens (including phenoxy) is 1. The molecule has 0 aliphatic heterocycles. The van der Waals surface area contributed by atoms with Crippen LogP contribution in [0.2, 0.25) is 5.02 Å². The van der Waals surface area contributed by atoms with E-state index in [1.807, 2.05) is 30.3 Å². The zero-order valence-electron chi connectivity index (χ0n) is 16.5. The SMILES string of the molecule is COc1cnc2c(Nc3ccc(Cl)c([C@@]4(CF)C=C(N)C[C@@H]5C[C@@H]54)c3)nccc2c1. The number of nitrogens with two attached hydrogens (primary N) is 1. The first-order chi connectivity index (χ1) is 14.5. The van der Waals surface area contributed by atoms with E-state index in [0.717, 1.165) is 40.7 Å². The number of hydrogen-bond donors (Lipinski definition) is 2. The van der Waals surface area contributed by atoms with E-state index in [1.54, 1.807) is 25.6 Å². The lowest BCUT2D eigenvalue weighted by atomic mass is 9.72. The van der Waals surface area contributed by atoms with E-state index in [9.17, 15) is 4.39 Å². The second-order valence-corrected chi connectivity index (χ2v) is 8.53. The summed E-state index contributed by atoms with van der Waals surface area (Å²) in [6.45, 7) is -0.522. The Kier molecular flexibility index (Phi) is 4.54. The van der Waals surface area contributed by atoms with Crippen molar-refractivity contribution in [1.29, 1.82) is 0 Å². The highest BCUT2D eigenvalue weighted by molar-refractivity contribution is 6.31. The monoisotopic (exact) mass is 424 g/mol. The fourth-order valence-electron chi connectivity index (χ4n) is 4.73. The summed E-state index contributed by atoms with van der Waals surface area (Å²) in [4.78, 5) is 8.92. The Morgan fingerprint density at radius 2 is 2.17 bits per heavy atom. The number of methoxy groups -OCH3 is 1. The summed E-state index contributed by atoms with van der Waals surface area (Å²) in [7, 11) is 1.61. The fraction of sp³-hybridized carbons (Fsp3) is 0.304. The topological polar surface area (TPSA) is 73.1 Å². The molecule has 0 radical (unpaired) electrons. The van der Waals surface area contributed by atoms with Crippen LogP contribution >= 0.6 is 11.6 Å². The van der Waals surface area contributed by atoms with Crippen LogP contribution in [0.1, 0.15) is 18.4 Å². The maximum absolute atomic E-state index is 14.5. The molecule has 7 heteroatoms. The van der Waals surface area contributed by atoms with Crippen molar-refractivity contribution < 1.29 is 9.13 Å². The first-order valence-corrected chi connectivity index (χ1v) is 10.3. The normalized spacial score (nSPS) is 24.8. The summed E-state index contributed by atoms with van der Waals surface area (Å²) in [5.74, 6) is 1.98. The molecule has 2 heterocycles. The number of allylic oxidation sites excluding steroid dienone is 2. The van der Waals surface area contributed by atoms with Crippen LogP contribution in [0.15, 0.2) is 54.5 Å². The highest BCUT2D eigenvalue weighted by atomic mass is 35.5. The predicted octanol–water partition coefficient (Wildman–Crippen LogP) is 5.13. The third-order valence-corrected chi connectivity index (χ3v) is 6.62. The number of nitrogens with one attached hydrogen (secondary N) is 1. The number of hydrogen-bond acceptors (Lipinski definition) is 5. The summed E-state index contributed by atoms with van der Waals surface area (Å²) in [5, 5.41) is 4.78. The average molecular weight is 425 g/mol. The summed E-state index contributed by atoms with van der Waals surface area (Å²) < 4.78 is 19.7. The number of halogens is 2. The Balaban J connectivity index is 1.55. The molecule has 30 heavy (non-hydrogen) atoms. The number of anilines is 2. The Morgan fingerprint density at radius 3 is 2.97 bits per heavy atom. The Hall–Kier alpha value is -2.86. The summed E-state index contributed by atoms with van der Waals surface area (Å²) >= 11 is 6.55. The molecule has 2 aliphatic carbocycles. The number of pyridine rings is 2. The lowest BCUT2D eigenvalue weighted by Crippen LogP contribution is -2.34. The Labute approximate surface area is 179 Å². The minimum Gasteiger partial charge on any atom is -0.495 e. The third kappa shape index (κ3) is 3.06. The second kappa shape index (κ2) is 7.13. The Morgan fingerprint density at radius 1 is 1.30 bits per heavy atom.